The summed E-state index contributed by atoms with van der Waals surface area (Å²) in [5, 5.41) is 1.48. The highest BCUT2D eigenvalue weighted by Crippen LogP contribution is 2.34. The van der Waals surface area contributed by atoms with Crippen LogP contribution in [0.1, 0.15) is 25.0 Å². The van der Waals surface area contributed by atoms with Crippen LogP contribution in [0.4, 0.5) is 18.3 Å². The van der Waals surface area contributed by atoms with Gasteiger partial charge in [0.2, 0.25) is 5.91 Å². The number of hydrogen-bond acceptors (Lipinski definition) is 5. The number of alkyl halides is 3. The summed E-state index contributed by atoms with van der Waals surface area (Å²) in [5.41, 5.74) is -0.827. The molecule has 0 spiro atoms. The average Bonchev–Trinajstić information content (AvgIpc) is 3.07. The summed E-state index contributed by atoms with van der Waals surface area (Å²) in [7, 11) is 0. The van der Waals surface area contributed by atoms with E-state index in [0.29, 0.717) is 56.9 Å². The molecule has 0 N–H and O–H groups in total. The summed E-state index contributed by atoms with van der Waals surface area (Å²) in [4.78, 5) is 19.7. The summed E-state index contributed by atoms with van der Waals surface area (Å²) < 4.78 is 43.1. The molecular weight excluding hydrogens is 343 g/mol. The van der Waals surface area contributed by atoms with E-state index in [1.165, 1.54) is 0 Å². The smallest absolute Gasteiger partial charge is 0.378 e. The number of anilines is 1. The number of ether oxygens (including phenoxy) is 1. The molecule has 134 valence electrons. The number of morpholine rings is 1. The predicted octanol–water partition coefficient (Wildman–Crippen LogP) is 2.63. The van der Waals surface area contributed by atoms with E-state index in [4.69, 9.17) is 4.74 Å². The third kappa shape index (κ3) is 4.18. The number of nitrogens with zero attached hydrogens (tertiary/aromatic N) is 3. The van der Waals surface area contributed by atoms with Gasteiger partial charge in [-0.25, -0.2) is 4.98 Å². The van der Waals surface area contributed by atoms with Crippen LogP contribution < -0.4 is 4.90 Å². The number of rotatable bonds is 3. The number of hydrogen-bond donors (Lipinski definition) is 0. The van der Waals surface area contributed by atoms with E-state index in [1.54, 1.807) is 0 Å². The number of carbonyl (C=O) groups excluding carboxylic acids is 1. The molecule has 3 rings (SSSR count). The minimum absolute atomic E-state index is 0.158. The molecular formula is C15H20F3N3O2S. The van der Waals surface area contributed by atoms with Crippen LogP contribution in [0, 0.1) is 5.92 Å². The van der Waals surface area contributed by atoms with Crippen LogP contribution in [-0.4, -0.2) is 55.2 Å². The summed E-state index contributed by atoms with van der Waals surface area (Å²) >= 11 is 1.03. The van der Waals surface area contributed by atoms with Crippen LogP contribution in [-0.2, 0) is 15.7 Å². The average molecular weight is 363 g/mol. The molecule has 24 heavy (non-hydrogen) atoms. The highest BCUT2D eigenvalue weighted by molar-refractivity contribution is 7.13. The molecule has 0 aromatic carbocycles. The van der Waals surface area contributed by atoms with Gasteiger partial charge in [-0.3, -0.25) is 4.79 Å². The fourth-order valence-corrected chi connectivity index (χ4v) is 3.94. The first-order valence-corrected chi connectivity index (χ1v) is 8.94. The molecule has 0 saturated carbocycles. The van der Waals surface area contributed by atoms with Crippen LogP contribution in [0.3, 0.4) is 0 Å². The van der Waals surface area contributed by atoms with Crippen LogP contribution in [0.25, 0.3) is 0 Å². The van der Waals surface area contributed by atoms with Gasteiger partial charge in [-0.1, -0.05) is 0 Å². The number of piperidine rings is 1. The summed E-state index contributed by atoms with van der Waals surface area (Å²) in [6.07, 6.45) is -2.27. The third-order valence-corrected chi connectivity index (χ3v) is 5.40. The Hall–Kier alpha value is -1.35. The molecule has 3 heterocycles. The maximum Gasteiger partial charge on any atom is 0.434 e. The summed E-state index contributed by atoms with van der Waals surface area (Å²) in [6, 6.07) is 0. The molecule has 5 nitrogen and oxygen atoms in total. The Morgan fingerprint density at radius 2 is 1.92 bits per heavy atom. The minimum atomic E-state index is -4.39. The van der Waals surface area contributed by atoms with Gasteiger partial charge < -0.3 is 14.5 Å². The van der Waals surface area contributed by atoms with E-state index in [0.717, 1.165) is 29.6 Å². The monoisotopic (exact) mass is 363 g/mol. The van der Waals surface area contributed by atoms with Crippen LogP contribution in [0.5, 0.6) is 0 Å². The molecule has 1 amide bonds. The van der Waals surface area contributed by atoms with Gasteiger partial charge in [-0.15, -0.1) is 11.3 Å². The lowest BCUT2D eigenvalue weighted by Crippen LogP contribution is -2.42. The van der Waals surface area contributed by atoms with Crippen LogP contribution >= 0.6 is 11.3 Å². The maximum absolute atomic E-state index is 12.6. The first kappa shape index (κ1) is 17.5. The number of carbonyl (C=O) groups is 1. The number of aromatic nitrogens is 1. The van der Waals surface area contributed by atoms with Gasteiger partial charge >= 0.3 is 6.18 Å². The van der Waals surface area contributed by atoms with Crippen molar-refractivity contribution in [3.8, 4) is 0 Å². The second-order valence-corrected chi connectivity index (χ2v) is 6.98. The van der Waals surface area contributed by atoms with Crippen molar-refractivity contribution in [1.29, 1.82) is 0 Å². The lowest BCUT2D eigenvalue weighted by molar-refractivity contribution is -0.140. The molecule has 2 aliphatic heterocycles. The number of thiazole rings is 1. The highest BCUT2D eigenvalue weighted by Gasteiger charge is 2.35. The van der Waals surface area contributed by atoms with Gasteiger partial charge in [0.25, 0.3) is 0 Å². The van der Waals surface area contributed by atoms with Gasteiger partial charge in [-0.05, 0) is 18.8 Å². The highest BCUT2D eigenvalue weighted by atomic mass is 32.1. The van der Waals surface area contributed by atoms with Crippen molar-refractivity contribution in [3.63, 3.8) is 0 Å². The van der Waals surface area contributed by atoms with Crippen molar-refractivity contribution >= 4 is 22.4 Å². The Morgan fingerprint density at radius 1 is 1.25 bits per heavy atom. The first-order valence-electron chi connectivity index (χ1n) is 8.06. The Labute approximate surface area is 142 Å². The Bertz CT molecular complexity index is 565. The van der Waals surface area contributed by atoms with Crippen LogP contribution in [0.2, 0.25) is 0 Å². The van der Waals surface area contributed by atoms with Crippen molar-refractivity contribution < 1.29 is 22.7 Å². The van der Waals surface area contributed by atoms with E-state index in [1.807, 2.05) is 9.80 Å². The van der Waals surface area contributed by atoms with Crippen molar-refractivity contribution in [2.24, 2.45) is 5.92 Å². The van der Waals surface area contributed by atoms with E-state index in [9.17, 15) is 18.0 Å². The molecule has 0 unspecified atom stereocenters. The number of amides is 1. The van der Waals surface area contributed by atoms with Crippen molar-refractivity contribution in [2.45, 2.75) is 25.4 Å². The molecule has 0 radical (unpaired) electrons. The van der Waals surface area contributed by atoms with Gasteiger partial charge in [0.05, 0.1) is 13.2 Å². The Morgan fingerprint density at radius 3 is 2.50 bits per heavy atom. The molecule has 1 aromatic rings. The van der Waals surface area contributed by atoms with Gasteiger partial charge in [0.15, 0.2) is 10.8 Å². The van der Waals surface area contributed by atoms with E-state index in [-0.39, 0.29) is 5.91 Å². The zero-order valence-electron chi connectivity index (χ0n) is 13.2. The predicted molar refractivity (Wildman–Crippen MR) is 84.1 cm³/mol. The Kier molecular flexibility index (Phi) is 5.29. The molecule has 0 aliphatic carbocycles. The minimum Gasteiger partial charge on any atom is -0.378 e. The maximum atomic E-state index is 12.6. The second-order valence-electron chi connectivity index (χ2n) is 6.14. The standard InChI is InChI=1S/C15H20F3N3O2S/c16-15(17,18)12-10-24-14(19-12)21-3-1-11(2-4-21)9-13(22)20-5-7-23-8-6-20/h10-11H,1-9H2. The zero-order chi connectivity index (χ0) is 17.2. The third-order valence-electron chi connectivity index (χ3n) is 4.49. The number of halogens is 3. The van der Waals surface area contributed by atoms with Crippen LogP contribution in [0.15, 0.2) is 5.38 Å². The van der Waals surface area contributed by atoms with Crippen molar-refractivity contribution in [3.05, 3.63) is 11.1 Å². The fourth-order valence-electron chi connectivity index (χ4n) is 3.06. The molecule has 9 heteroatoms. The van der Waals surface area contributed by atoms with Gasteiger partial charge in [-0.2, -0.15) is 13.2 Å². The van der Waals surface area contributed by atoms with Crippen molar-refractivity contribution in [2.75, 3.05) is 44.3 Å². The van der Waals surface area contributed by atoms with E-state index >= 15 is 0 Å². The quantitative estimate of drug-likeness (QED) is 0.828. The van der Waals surface area contributed by atoms with Crippen molar-refractivity contribution in [1.82, 2.24) is 9.88 Å². The molecule has 1 aromatic heterocycles. The van der Waals surface area contributed by atoms with E-state index in [2.05, 4.69) is 4.98 Å². The molecule has 0 atom stereocenters. The fraction of sp³-hybridized carbons (Fsp3) is 0.733. The normalized spacial score (nSPS) is 20.5. The lowest BCUT2D eigenvalue weighted by atomic mass is 9.93. The molecule has 2 fully saturated rings. The van der Waals surface area contributed by atoms with Gasteiger partial charge in [0, 0.05) is 38.0 Å². The summed E-state index contributed by atoms with van der Waals surface area (Å²) in [5.74, 6) is 0.448. The lowest BCUT2D eigenvalue weighted by Gasteiger charge is -2.33. The molecule has 0 bridgehead atoms. The largest absolute Gasteiger partial charge is 0.434 e. The van der Waals surface area contributed by atoms with Gasteiger partial charge in [0.1, 0.15) is 0 Å². The SMILES string of the molecule is O=C(CC1CCN(c2nc(C(F)(F)F)cs2)CC1)N1CCOCC1. The first-order chi connectivity index (χ1) is 11.4. The topological polar surface area (TPSA) is 45.7 Å². The van der Waals surface area contributed by atoms with E-state index < -0.39 is 11.9 Å². The molecule has 2 saturated heterocycles. The molecule has 2 aliphatic rings. The second kappa shape index (κ2) is 7.26. The Balaban J connectivity index is 1.48. The summed E-state index contributed by atoms with van der Waals surface area (Å²) in [6.45, 7) is 3.78. The zero-order valence-corrected chi connectivity index (χ0v) is 14.0.